The number of halogens is 1. The quantitative estimate of drug-likeness (QED) is 0.770. The average Bonchev–Trinajstić information content (AvgIpc) is 2.45. The standard InChI is InChI=1S/C17H18FNO/c1-3-19(16-9-7-15(18)8-10-16)12-17(20)14-6-4-5-13(2)11-14/h4-11H,3,12H2,1-2H3. The van der Waals surface area contributed by atoms with E-state index in [2.05, 4.69) is 0 Å². The van der Waals surface area contributed by atoms with E-state index in [1.165, 1.54) is 12.1 Å². The SMILES string of the molecule is CCN(CC(=O)c1cccc(C)c1)c1ccc(F)cc1. The molecule has 2 aromatic carbocycles. The maximum atomic E-state index is 12.9. The van der Waals surface area contributed by atoms with Crippen molar-refractivity contribution < 1.29 is 9.18 Å². The fourth-order valence-corrected chi connectivity index (χ4v) is 2.12. The number of ketones is 1. The van der Waals surface area contributed by atoms with Crippen molar-refractivity contribution in [1.29, 1.82) is 0 Å². The van der Waals surface area contributed by atoms with E-state index in [9.17, 15) is 9.18 Å². The summed E-state index contributed by atoms with van der Waals surface area (Å²) in [5.74, 6) is -0.199. The molecule has 0 aliphatic carbocycles. The Kier molecular flexibility index (Phi) is 4.51. The predicted molar refractivity (Wildman–Crippen MR) is 79.8 cm³/mol. The van der Waals surface area contributed by atoms with Gasteiger partial charge in [-0.05, 0) is 44.2 Å². The van der Waals surface area contributed by atoms with Gasteiger partial charge in [-0.1, -0.05) is 23.8 Å². The van der Waals surface area contributed by atoms with Gasteiger partial charge in [-0.2, -0.15) is 0 Å². The summed E-state index contributed by atoms with van der Waals surface area (Å²) in [6, 6.07) is 13.8. The maximum Gasteiger partial charge on any atom is 0.182 e. The first kappa shape index (κ1) is 14.3. The van der Waals surface area contributed by atoms with Crippen molar-refractivity contribution >= 4 is 11.5 Å². The van der Waals surface area contributed by atoms with Crippen LogP contribution in [0.4, 0.5) is 10.1 Å². The molecule has 2 nitrogen and oxygen atoms in total. The molecule has 0 aliphatic rings. The smallest absolute Gasteiger partial charge is 0.182 e. The van der Waals surface area contributed by atoms with E-state index in [0.717, 1.165) is 11.3 Å². The first-order valence-electron chi connectivity index (χ1n) is 6.70. The van der Waals surface area contributed by atoms with Crippen molar-refractivity contribution in [2.45, 2.75) is 13.8 Å². The highest BCUT2D eigenvalue weighted by atomic mass is 19.1. The van der Waals surface area contributed by atoms with Crippen LogP contribution in [0.5, 0.6) is 0 Å². The number of rotatable bonds is 5. The number of carbonyl (C=O) groups excluding carboxylic acids is 1. The molecule has 0 heterocycles. The number of hydrogen-bond acceptors (Lipinski definition) is 2. The van der Waals surface area contributed by atoms with Gasteiger partial charge in [0, 0.05) is 17.8 Å². The van der Waals surface area contributed by atoms with Crippen LogP contribution in [0.1, 0.15) is 22.8 Å². The molecule has 20 heavy (non-hydrogen) atoms. The summed E-state index contributed by atoms with van der Waals surface area (Å²) in [7, 11) is 0. The highest BCUT2D eigenvalue weighted by Gasteiger charge is 2.12. The first-order chi connectivity index (χ1) is 9.60. The predicted octanol–water partition coefficient (Wildman–Crippen LogP) is 3.84. The van der Waals surface area contributed by atoms with Crippen LogP contribution in [0.3, 0.4) is 0 Å². The number of anilines is 1. The van der Waals surface area contributed by atoms with Crippen molar-refractivity contribution in [3.8, 4) is 0 Å². The van der Waals surface area contributed by atoms with E-state index >= 15 is 0 Å². The lowest BCUT2D eigenvalue weighted by Gasteiger charge is -2.22. The molecule has 0 amide bonds. The molecule has 104 valence electrons. The molecule has 3 heteroatoms. The minimum atomic E-state index is -0.269. The number of nitrogens with zero attached hydrogens (tertiary/aromatic N) is 1. The molecule has 0 spiro atoms. The second-order valence-corrected chi connectivity index (χ2v) is 4.78. The van der Waals surface area contributed by atoms with Gasteiger partial charge in [0.25, 0.3) is 0 Å². The van der Waals surface area contributed by atoms with Crippen LogP contribution in [-0.2, 0) is 0 Å². The Morgan fingerprint density at radius 2 is 1.85 bits per heavy atom. The van der Waals surface area contributed by atoms with Crippen molar-refractivity contribution in [2.24, 2.45) is 0 Å². The second kappa shape index (κ2) is 6.33. The molecule has 0 aromatic heterocycles. The Labute approximate surface area is 118 Å². The monoisotopic (exact) mass is 271 g/mol. The number of benzene rings is 2. The minimum absolute atomic E-state index is 0.0693. The lowest BCUT2D eigenvalue weighted by molar-refractivity contribution is 0.0999. The Balaban J connectivity index is 2.14. The number of hydrogen-bond donors (Lipinski definition) is 0. The molecule has 0 bridgehead atoms. The molecule has 0 fully saturated rings. The Hall–Kier alpha value is -2.16. The van der Waals surface area contributed by atoms with Gasteiger partial charge < -0.3 is 4.90 Å². The molecule has 0 atom stereocenters. The van der Waals surface area contributed by atoms with Crippen molar-refractivity contribution in [2.75, 3.05) is 18.0 Å². The highest BCUT2D eigenvalue weighted by Crippen LogP contribution is 2.15. The zero-order chi connectivity index (χ0) is 14.5. The zero-order valence-corrected chi connectivity index (χ0v) is 11.8. The largest absolute Gasteiger partial charge is 0.364 e. The second-order valence-electron chi connectivity index (χ2n) is 4.78. The number of likely N-dealkylation sites (N-methyl/N-ethyl adjacent to an activating group) is 1. The lowest BCUT2D eigenvalue weighted by atomic mass is 10.1. The van der Waals surface area contributed by atoms with Gasteiger partial charge in [0.1, 0.15) is 5.82 Å². The van der Waals surface area contributed by atoms with Gasteiger partial charge in [-0.3, -0.25) is 4.79 Å². The van der Waals surface area contributed by atoms with Gasteiger partial charge in [0.05, 0.1) is 6.54 Å². The van der Waals surface area contributed by atoms with Crippen LogP contribution < -0.4 is 4.90 Å². The van der Waals surface area contributed by atoms with E-state index in [1.807, 2.05) is 43.0 Å². The maximum absolute atomic E-state index is 12.9. The van der Waals surface area contributed by atoms with Gasteiger partial charge in [-0.15, -0.1) is 0 Å². The van der Waals surface area contributed by atoms with E-state index in [1.54, 1.807) is 12.1 Å². The summed E-state index contributed by atoms with van der Waals surface area (Å²) in [5, 5.41) is 0. The third-order valence-electron chi connectivity index (χ3n) is 3.25. The molecular formula is C17H18FNO. The highest BCUT2D eigenvalue weighted by molar-refractivity contribution is 5.99. The third kappa shape index (κ3) is 3.44. The molecular weight excluding hydrogens is 253 g/mol. The number of aryl methyl sites for hydroxylation is 1. The van der Waals surface area contributed by atoms with Gasteiger partial charge in [-0.25, -0.2) is 4.39 Å². The Morgan fingerprint density at radius 3 is 2.45 bits per heavy atom. The fraction of sp³-hybridized carbons (Fsp3) is 0.235. The average molecular weight is 271 g/mol. The fourth-order valence-electron chi connectivity index (χ4n) is 2.12. The van der Waals surface area contributed by atoms with E-state index < -0.39 is 0 Å². The van der Waals surface area contributed by atoms with Crippen LogP contribution in [0.2, 0.25) is 0 Å². The van der Waals surface area contributed by atoms with Crippen LogP contribution >= 0.6 is 0 Å². The zero-order valence-electron chi connectivity index (χ0n) is 11.8. The molecule has 0 saturated carbocycles. The van der Waals surface area contributed by atoms with Crippen LogP contribution in [-0.4, -0.2) is 18.9 Å². The summed E-state index contributed by atoms with van der Waals surface area (Å²) in [6.45, 7) is 4.94. The summed E-state index contributed by atoms with van der Waals surface area (Å²) in [4.78, 5) is 14.2. The summed E-state index contributed by atoms with van der Waals surface area (Å²) in [6.07, 6.45) is 0. The van der Waals surface area contributed by atoms with Crippen molar-refractivity contribution in [1.82, 2.24) is 0 Å². The summed E-state index contributed by atoms with van der Waals surface area (Å²) in [5.41, 5.74) is 2.64. The van der Waals surface area contributed by atoms with Gasteiger partial charge in [0.15, 0.2) is 5.78 Å². The number of carbonyl (C=O) groups is 1. The molecule has 0 unspecified atom stereocenters. The lowest BCUT2D eigenvalue weighted by Crippen LogP contribution is -2.29. The number of Topliss-reactive ketones (excluding diaryl/α,β-unsaturated/α-hetero) is 1. The van der Waals surface area contributed by atoms with E-state index in [0.29, 0.717) is 18.7 Å². The Morgan fingerprint density at radius 1 is 1.15 bits per heavy atom. The minimum Gasteiger partial charge on any atom is -0.364 e. The molecule has 0 radical (unpaired) electrons. The third-order valence-corrected chi connectivity index (χ3v) is 3.25. The van der Waals surface area contributed by atoms with Crippen LogP contribution in [0.15, 0.2) is 48.5 Å². The topological polar surface area (TPSA) is 20.3 Å². The van der Waals surface area contributed by atoms with Crippen LogP contribution in [0.25, 0.3) is 0 Å². The van der Waals surface area contributed by atoms with Gasteiger partial charge in [0.2, 0.25) is 0 Å². The molecule has 0 aliphatic heterocycles. The van der Waals surface area contributed by atoms with Crippen molar-refractivity contribution in [3.05, 3.63) is 65.5 Å². The summed E-state index contributed by atoms with van der Waals surface area (Å²) < 4.78 is 12.9. The molecule has 0 N–H and O–H groups in total. The molecule has 2 rings (SSSR count). The van der Waals surface area contributed by atoms with Crippen LogP contribution in [0, 0.1) is 12.7 Å². The molecule has 2 aromatic rings. The van der Waals surface area contributed by atoms with Gasteiger partial charge >= 0.3 is 0 Å². The first-order valence-corrected chi connectivity index (χ1v) is 6.70. The molecule has 0 saturated heterocycles. The normalized spacial score (nSPS) is 10.3. The summed E-state index contributed by atoms with van der Waals surface area (Å²) >= 11 is 0. The Bertz CT molecular complexity index is 592. The van der Waals surface area contributed by atoms with E-state index in [-0.39, 0.29) is 11.6 Å². The van der Waals surface area contributed by atoms with Crippen molar-refractivity contribution in [3.63, 3.8) is 0 Å². The van der Waals surface area contributed by atoms with E-state index in [4.69, 9.17) is 0 Å².